The number of nitrogens with one attached hydrogen (secondary N) is 1. The Balaban J connectivity index is 1.94. The second-order valence-corrected chi connectivity index (χ2v) is 8.43. The topological polar surface area (TPSA) is 24.5 Å². The monoisotopic (exact) mass is 310 g/mol. The van der Waals surface area contributed by atoms with Gasteiger partial charge < -0.3 is 10.1 Å². The fourth-order valence-corrected chi connectivity index (χ4v) is 3.44. The molecule has 3 nitrogen and oxygen atoms in total. The molecule has 1 N–H and O–H groups in total. The zero-order chi connectivity index (χ0) is 15.5. The Bertz CT molecular complexity index is 446. The minimum absolute atomic E-state index is 0.177. The first-order chi connectivity index (χ1) is 9.89. The third kappa shape index (κ3) is 5.70. The van der Waals surface area contributed by atoms with Gasteiger partial charge in [-0.2, -0.15) is 0 Å². The molecule has 0 unspecified atom stereocenters. The average Bonchev–Trinajstić information content (AvgIpc) is 3.17. The summed E-state index contributed by atoms with van der Waals surface area (Å²) in [6, 6.07) is 3.18. The maximum atomic E-state index is 5.25. The van der Waals surface area contributed by atoms with E-state index in [0.717, 1.165) is 32.3 Å². The van der Waals surface area contributed by atoms with Gasteiger partial charge >= 0.3 is 0 Å². The van der Waals surface area contributed by atoms with Gasteiger partial charge in [0.2, 0.25) is 0 Å². The summed E-state index contributed by atoms with van der Waals surface area (Å²) in [5.41, 5.74) is 1.67. The zero-order valence-electron chi connectivity index (χ0n) is 14.2. The molecule has 0 aromatic carbocycles. The van der Waals surface area contributed by atoms with Crippen LogP contribution in [0.15, 0.2) is 6.07 Å². The lowest BCUT2D eigenvalue weighted by Crippen LogP contribution is -2.34. The highest BCUT2D eigenvalue weighted by molar-refractivity contribution is 7.12. The van der Waals surface area contributed by atoms with E-state index < -0.39 is 0 Å². The minimum Gasteiger partial charge on any atom is -0.383 e. The third-order valence-corrected chi connectivity index (χ3v) is 4.98. The van der Waals surface area contributed by atoms with Crippen molar-refractivity contribution >= 4 is 11.3 Å². The fraction of sp³-hybridized carbons (Fsp3) is 0.765. The second kappa shape index (κ2) is 7.23. The normalized spacial score (nSPS) is 15.9. The SMILES string of the molecule is COCCN(Cc1cc(CNC(C)(C)C)sc1C)C1CC1. The van der Waals surface area contributed by atoms with Crippen molar-refractivity contribution in [1.82, 2.24) is 10.2 Å². The average molecular weight is 311 g/mol. The van der Waals surface area contributed by atoms with Crippen LogP contribution in [0.3, 0.4) is 0 Å². The van der Waals surface area contributed by atoms with Gasteiger partial charge in [0, 0.05) is 48.1 Å². The van der Waals surface area contributed by atoms with Crippen LogP contribution < -0.4 is 5.32 Å². The Hall–Kier alpha value is -0.420. The number of ether oxygens (including phenoxy) is 1. The summed E-state index contributed by atoms with van der Waals surface area (Å²) in [6.07, 6.45) is 2.71. The number of aryl methyl sites for hydroxylation is 1. The predicted octanol–water partition coefficient (Wildman–Crippen LogP) is 3.56. The summed E-state index contributed by atoms with van der Waals surface area (Å²) in [7, 11) is 1.79. The molecule has 120 valence electrons. The van der Waals surface area contributed by atoms with Gasteiger partial charge in [0.15, 0.2) is 0 Å². The first kappa shape index (κ1) is 16.9. The van der Waals surface area contributed by atoms with Crippen LogP contribution in [0, 0.1) is 6.92 Å². The molecule has 0 saturated heterocycles. The molecule has 0 bridgehead atoms. The summed E-state index contributed by atoms with van der Waals surface area (Å²) < 4.78 is 5.25. The second-order valence-electron chi connectivity index (χ2n) is 7.09. The largest absolute Gasteiger partial charge is 0.383 e. The molecule has 1 aliphatic carbocycles. The van der Waals surface area contributed by atoms with Crippen LogP contribution in [0.2, 0.25) is 0 Å². The maximum Gasteiger partial charge on any atom is 0.0589 e. The number of hydrogen-bond acceptors (Lipinski definition) is 4. The van der Waals surface area contributed by atoms with E-state index in [-0.39, 0.29) is 5.54 Å². The van der Waals surface area contributed by atoms with Crippen molar-refractivity contribution in [1.29, 1.82) is 0 Å². The van der Waals surface area contributed by atoms with E-state index in [1.54, 1.807) is 7.11 Å². The standard InChI is InChI=1S/C17H30N2OS/c1-13-14(10-16(21-13)11-18-17(2,3)4)12-19(8-9-20-5)15-6-7-15/h10,15,18H,6-9,11-12H2,1-5H3. The first-order valence-electron chi connectivity index (χ1n) is 7.95. The van der Waals surface area contributed by atoms with Gasteiger partial charge in [-0.15, -0.1) is 11.3 Å². The Labute approximate surface area is 133 Å². The molecule has 1 fully saturated rings. The number of nitrogens with zero attached hydrogens (tertiary/aromatic N) is 1. The van der Waals surface area contributed by atoms with Crippen molar-refractivity contribution in [2.75, 3.05) is 20.3 Å². The number of thiophene rings is 1. The summed E-state index contributed by atoms with van der Waals surface area (Å²) in [6.45, 7) is 12.8. The predicted molar refractivity (Wildman–Crippen MR) is 91.0 cm³/mol. The summed E-state index contributed by atoms with van der Waals surface area (Å²) in [5.74, 6) is 0. The number of hydrogen-bond donors (Lipinski definition) is 1. The maximum absolute atomic E-state index is 5.25. The third-order valence-electron chi connectivity index (χ3n) is 3.88. The highest BCUT2D eigenvalue weighted by Crippen LogP contribution is 2.30. The van der Waals surface area contributed by atoms with Crippen molar-refractivity contribution in [2.45, 2.75) is 65.2 Å². The number of rotatable bonds is 8. The molecule has 21 heavy (non-hydrogen) atoms. The lowest BCUT2D eigenvalue weighted by Gasteiger charge is -2.21. The molecule has 1 aromatic rings. The lowest BCUT2D eigenvalue weighted by atomic mass is 10.1. The summed E-state index contributed by atoms with van der Waals surface area (Å²) in [4.78, 5) is 5.49. The van der Waals surface area contributed by atoms with Gasteiger partial charge in [-0.3, -0.25) is 4.90 Å². The molecule has 1 saturated carbocycles. The molecule has 1 aromatic heterocycles. The Morgan fingerprint density at radius 3 is 2.67 bits per heavy atom. The van der Waals surface area contributed by atoms with Crippen molar-refractivity contribution in [3.05, 3.63) is 21.4 Å². The minimum atomic E-state index is 0.177. The van der Waals surface area contributed by atoms with Crippen molar-refractivity contribution in [3.8, 4) is 0 Å². The van der Waals surface area contributed by atoms with E-state index in [1.165, 1.54) is 28.2 Å². The fourth-order valence-electron chi connectivity index (χ4n) is 2.44. The Morgan fingerprint density at radius 2 is 2.10 bits per heavy atom. The molecule has 0 atom stereocenters. The van der Waals surface area contributed by atoms with Gasteiger partial charge in [0.1, 0.15) is 0 Å². The van der Waals surface area contributed by atoms with E-state index in [2.05, 4.69) is 44.0 Å². The van der Waals surface area contributed by atoms with Crippen LogP contribution in [0.1, 0.15) is 48.9 Å². The molecule has 2 rings (SSSR count). The van der Waals surface area contributed by atoms with Crippen LogP contribution >= 0.6 is 11.3 Å². The van der Waals surface area contributed by atoms with E-state index in [9.17, 15) is 0 Å². The molecule has 4 heteroatoms. The Morgan fingerprint density at radius 1 is 1.38 bits per heavy atom. The van der Waals surface area contributed by atoms with Crippen LogP contribution in [0.25, 0.3) is 0 Å². The Kier molecular flexibility index (Phi) is 5.83. The van der Waals surface area contributed by atoms with Gasteiger partial charge in [0.25, 0.3) is 0 Å². The zero-order valence-corrected chi connectivity index (χ0v) is 15.0. The van der Waals surface area contributed by atoms with Gasteiger partial charge in [0.05, 0.1) is 6.61 Å². The smallest absolute Gasteiger partial charge is 0.0589 e. The van der Waals surface area contributed by atoms with Crippen LogP contribution in [-0.2, 0) is 17.8 Å². The van der Waals surface area contributed by atoms with Crippen LogP contribution in [-0.4, -0.2) is 36.7 Å². The van der Waals surface area contributed by atoms with Crippen molar-refractivity contribution < 1.29 is 4.74 Å². The molecular formula is C17H30N2OS. The van der Waals surface area contributed by atoms with E-state index >= 15 is 0 Å². The van der Waals surface area contributed by atoms with E-state index in [4.69, 9.17) is 4.74 Å². The van der Waals surface area contributed by atoms with E-state index in [0.29, 0.717) is 0 Å². The van der Waals surface area contributed by atoms with E-state index in [1.807, 2.05) is 11.3 Å². The van der Waals surface area contributed by atoms with Gasteiger partial charge in [-0.05, 0) is 52.2 Å². The van der Waals surface area contributed by atoms with Gasteiger partial charge in [-0.1, -0.05) is 0 Å². The molecule has 1 aliphatic rings. The highest BCUT2D eigenvalue weighted by Gasteiger charge is 2.29. The lowest BCUT2D eigenvalue weighted by molar-refractivity contribution is 0.139. The summed E-state index contributed by atoms with van der Waals surface area (Å²) >= 11 is 1.93. The van der Waals surface area contributed by atoms with Crippen LogP contribution in [0.5, 0.6) is 0 Å². The highest BCUT2D eigenvalue weighted by atomic mass is 32.1. The molecule has 0 radical (unpaired) electrons. The van der Waals surface area contributed by atoms with Crippen molar-refractivity contribution in [2.24, 2.45) is 0 Å². The van der Waals surface area contributed by atoms with Crippen LogP contribution in [0.4, 0.5) is 0 Å². The molecule has 0 aliphatic heterocycles. The molecule has 0 amide bonds. The summed E-state index contributed by atoms with van der Waals surface area (Å²) in [5, 5.41) is 3.58. The van der Waals surface area contributed by atoms with Gasteiger partial charge in [-0.25, -0.2) is 0 Å². The molecule has 1 heterocycles. The number of methoxy groups -OCH3 is 1. The molecular weight excluding hydrogens is 280 g/mol. The quantitative estimate of drug-likeness (QED) is 0.794. The molecule has 0 spiro atoms. The van der Waals surface area contributed by atoms with Crippen molar-refractivity contribution in [3.63, 3.8) is 0 Å². The first-order valence-corrected chi connectivity index (χ1v) is 8.77.